The van der Waals surface area contributed by atoms with Gasteiger partial charge in [-0.05, 0) is 34.6 Å². The van der Waals surface area contributed by atoms with Crippen molar-refractivity contribution in [3.63, 3.8) is 0 Å². The highest BCUT2D eigenvalue weighted by Gasteiger charge is 2.15. The quantitative estimate of drug-likeness (QED) is 0.624. The summed E-state index contributed by atoms with van der Waals surface area (Å²) in [6.07, 6.45) is -0.165. The summed E-state index contributed by atoms with van der Waals surface area (Å²) in [6, 6.07) is 8.48. The minimum Gasteiger partial charge on any atom is -0.464 e. The third kappa shape index (κ3) is 18.1. The number of benzene rings is 1. The number of hydrogen-bond donors (Lipinski definition) is 1. The normalized spacial score (nSPS) is 9.60. The Morgan fingerprint density at radius 2 is 1.44 bits per heavy atom. The van der Waals surface area contributed by atoms with Gasteiger partial charge < -0.3 is 14.8 Å². The van der Waals surface area contributed by atoms with Crippen LogP contribution < -0.4 is 5.32 Å². The zero-order chi connectivity index (χ0) is 19.9. The summed E-state index contributed by atoms with van der Waals surface area (Å²) in [5.41, 5.74) is 2.15. The first-order chi connectivity index (χ1) is 11.6. The summed E-state index contributed by atoms with van der Waals surface area (Å²) in [4.78, 5) is 21.8. The van der Waals surface area contributed by atoms with Crippen LogP contribution in [-0.4, -0.2) is 30.8 Å². The second kappa shape index (κ2) is 14.3. The van der Waals surface area contributed by atoms with E-state index in [2.05, 4.69) is 43.4 Å². The molecule has 1 amide bonds. The highest BCUT2D eigenvalue weighted by Crippen LogP contribution is 2.06. The van der Waals surface area contributed by atoms with Crippen molar-refractivity contribution in [3.8, 4) is 0 Å². The molecule has 5 heteroatoms. The van der Waals surface area contributed by atoms with Crippen molar-refractivity contribution in [1.82, 2.24) is 5.32 Å². The minimum atomic E-state index is -0.510. The van der Waals surface area contributed by atoms with Crippen molar-refractivity contribution in [3.05, 3.63) is 35.4 Å². The van der Waals surface area contributed by atoms with Gasteiger partial charge in [-0.2, -0.15) is 0 Å². The van der Waals surface area contributed by atoms with E-state index in [1.165, 1.54) is 11.1 Å². The van der Waals surface area contributed by atoms with E-state index in [1.54, 1.807) is 27.7 Å². The lowest BCUT2D eigenvalue weighted by Crippen LogP contribution is -2.34. The number of hydrogen-bond acceptors (Lipinski definition) is 4. The van der Waals surface area contributed by atoms with E-state index in [-0.39, 0.29) is 19.1 Å². The lowest BCUT2D eigenvalue weighted by Gasteiger charge is -2.19. The predicted octanol–water partition coefficient (Wildman–Crippen LogP) is 4.79. The fraction of sp³-hybridized carbons (Fsp3) is 0.600. The van der Waals surface area contributed by atoms with E-state index in [9.17, 15) is 9.59 Å². The molecule has 1 aromatic carbocycles. The Hall–Kier alpha value is -2.04. The van der Waals surface area contributed by atoms with Crippen LogP contribution in [0, 0.1) is 13.8 Å². The molecule has 0 atom stereocenters. The number of amides is 1. The van der Waals surface area contributed by atoms with Crippen LogP contribution in [0.25, 0.3) is 0 Å². The third-order valence-corrected chi connectivity index (χ3v) is 2.54. The molecule has 1 N–H and O–H groups in total. The van der Waals surface area contributed by atoms with Crippen LogP contribution in [0.2, 0.25) is 0 Å². The van der Waals surface area contributed by atoms with Gasteiger partial charge in [0.1, 0.15) is 12.2 Å². The Bertz CT molecular complexity index is 454. The second-order valence-electron chi connectivity index (χ2n) is 6.16. The molecule has 0 unspecified atom stereocenters. The number of esters is 1. The SMILES string of the molecule is CC.CCC(=O)OCCNC(=O)OC(C)(C)C.Cc1ccc(C)cc1. The van der Waals surface area contributed by atoms with Crippen molar-refractivity contribution in [2.45, 2.75) is 67.4 Å². The van der Waals surface area contributed by atoms with Crippen LogP contribution in [0.4, 0.5) is 4.79 Å². The maximum absolute atomic E-state index is 11.1. The zero-order valence-electron chi connectivity index (χ0n) is 17.1. The largest absolute Gasteiger partial charge is 0.464 e. The number of carbonyl (C=O) groups is 2. The van der Waals surface area contributed by atoms with E-state index < -0.39 is 11.7 Å². The van der Waals surface area contributed by atoms with E-state index in [4.69, 9.17) is 9.47 Å². The molecule has 0 aliphatic heterocycles. The number of aryl methyl sites for hydroxylation is 2. The first-order valence-electron chi connectivity index (χ1n) is 8.79. The molecular formula is C20H35NO4. The molecule has 1 rings (SSSR count). The zero-order valence-corrected chi connectivity index (χ0v) is 17.1. The Labute approximate surface area is 153 Å². The second-order valence-corrected chi connectivity index (χ2v) is 6.16. The first-order valence-corrected chi connectivity index (χ1v) is 8.79. The van der Waals surface area contributed by atoms with Crippen LogP contribution in [0.1, 0.15) is 59.1 Å². The summed E-state index contributed by atoms with van der Waals surface area (Å²) < 4.78 is 9.74. The molecule has 0 aliphatic rings. The average molecular weight is 354 g/mol. The van der Waals surface area contributed by atoms with Crippen molar-refractivity contribution in [2.24, 2.45) is 0 Å². The van der Waals surface area contributed by atoms with Crippen LogP contribution >= 0.6 is 0 Å². The highest BCUT2D eigenvalue weighted by molar-refractivity contribution is 5.69. The monoisotopic (exact) mass is 353 g/mol. The molecule has 144 valence electrons. The van der Waals surface area contributed by atoms with E-state index in [0.717, 1.165) is 0 Å². The van der Waals surface area contributed by atoms with Crippen LogP contribution in [0.5, 0.6) is 0 Å². The molecule has 25 heavy (non-hydrogen) atoms. The fourth-order valence-corrected chi connectivity index (χ4v) is 1.37. The Balaban J connectivity index is 0. The molecule has 5 nitrogen and oxygen atoms in total. The smallest absolute Gasteiger partial charge is 0.407 e. The number of nitrogens with one attached hydrogen (secondary N) is 1. The van der Waals surface area contributed by atoms with E-state index in [0.29, 0.717) is 6.42 Å². The average Bonchev–Trinajstić information content (AvgIpc) is 2.55. The molecule has 0 saturated carbocycles. The Morgan fingerprint density at radius 1 is 1.00 bits per heavy atom. The molecule has 0 fully saturated rings. The van der Waals surface area contributed by atoms with Crippen molar-refractivity contribution in [2.75, 3.05) is 13.2 Å². The van der Waals surface area contributed by atoms with Gasteiger partial charge in [-0.1, -0.05) is 56.2 Å². The van der Waals surface area contributed by atoms with Crippen LogP contribution in [0.15, 0.2) is 24.3 Å². The maximum atomic E-state index is 11.1. The summed E-state index contributed by atoms with van der Waals surface area (Å²) in [5.74, 6) is -0.277. The van der Waals surface area contributed by atoms with Crippen molar-refractivity contribution in [1.29, 1.82) is 0 Å². The lowest BCUT2D eigenvalue weighted by molar-refractivity contribution is -0.143. The highest BCUT2D eigenvalue weighted by atomic mass is 16.6. The number of carbonyl (C=O) groups excluding carboxylic acids is 2. The van der Waals surface area contributed by atoms with Gasteiger partial charge in [0.15, 0.2) is 0 Å². The summed E-state index contributed by atoms with van der Waals surface area (Å²) >= 11 is 0. The molecule has 1 aromatic rings. The Morgan fingerprint density at radius 3 is 1.80 bits per heavy atom. The minimum absolute atomic E-state index is 0.173. The lowest BCUT2D eigenvalue weighted by atomic mass is 10.2. The molecule has 0 radical (unpaired) electrons. The predicted molar refractivity (Wildman–Crippen MR) is 103 cm³/mol. The van der Waals surface area contributed by atoms with Gasteiger partial charge >= 0.3 is 12.1 Å². The molecule has 0 spiro atoms. The van der Waals surface area contributed by atoms with Gasteiger partial charge in [-0.15, -0.1) is 0 Å². The molecule has 0 aliphatic carbocycles. The molecular weight excluding hydrogens is 318 g/mol. The Kier molecular flexibility index (Phi) is 14.4. The van der Waals surface area contributed by atoms with Gasteiger partial charge in [-0.3, -0.25) is 4.79 Å². The summed E-state index contributed by atoms with van der Waals surface area (Å²) in [5, 5.41) is 2.48. The van der Waals surface area contributed by atoms with E-state index >= 15 is 0 Å². The van der Waals surface area contributed by atoms with Gasteiger partial charge in [0.2, 0.25) is 0 Å². The summed E-state index contributed by atoms with van der Waals surface area (Å²) in [6.45, 7) is 15.7. The molecule has 0 bridgehead atoms. The molecule has 0 saturated heterocycles. The van der Waals surface area contributed by atoms with Gasteiger partial charge in [0.25, 0.3) is 0 Å². The van der Waals surface area contributed by atoms with Crippen molar-refractivity contribution >= 4 is 12.1 Å². The number of rotatable bonds is 4. The van der Waals surface area contributed by atoms with Gasteiger partial charge in [-0.25, -0.2) is 4.79 Å². The number of ether oxygens (including phenoxy) is 2. The fourth-order valence-electron chi connectivity index (χ4n) is 1.37. The van der Waals surface area contributed by atoms with Gasteiger partial charge in [0.05, 0.1) is 6.54 Å². The topological polar surface area (TPSA) is 64.6 Å². The van der Waals surface area contributed by atoms with Gasteiger partial charge in [0, 0.05) is 6.42 Å². The van der Waals surface area contributed by atoms with E-state index in [1.807, 2.05) is 13.8 Å². The standard InChI is InChI=1S/C10H19NO4.C8H10.C2H6/c1-5-8(12)14-7-6-11-9(13)15-10(2,3)4;1-7-3-5-8(2)6-4-7;1-2/h5-7H2,1-4H3,(H,11,13);3-6H,1-2H3;1-2H3. The number of alkyl carbamates (subject to hydrolysis) is 1. The van der Waals surface area contributed by atoms with Crippen molar-refractivity contribution < 1.29 is 19.1 Å². The third-order valence-electron chi connectivity index (χ3n) is 2.54. The summed E-state index contributed by atoms with van der Waals surface area (Å²) in [7, 11) is 0. The van der Waals surface area contributed by atoms with Crippen LogP contribution in [0.3, 0.4) is 0 Å². The molecule has 0 aromatic heterocycles. The maximum Gasteiger partial charge on any atom is 0.407 e. The molecule has 0 heterocycles. The van der Waals surface area contributed by atoms with Crippen LogP contribution in [-0.2, 0) is 14.3 Å². The first kappa shape index (κ1) is 25.2.